The van der Waals surface area contributed by atoms with Crippen LogP contribution in [-0.2, 0) is 18.2 Å². The lowest BCUT2D eigenvalue weighted by Crippen LogP contribution is -2.26. The maximum atomic E-state index is 6.57. The quantitative estimate of drug-likeness (QED) is 0.125. The van der Waals surface area contributed by atoms with Gasteiger partial charge in [0.1, 0.15) is 5.65 Å². The lowest BCUT2D eigenvalue weighted by atomic mass is 9.98. The van der Waals surface area contributed by atoms with E-state index in [4.69, 9.17) is 21.8 Å². The summed E-state index contributed by atoms with van der Waals surface area (Å²) in [7, 11) is 0. The Bertz CT molecular complexity index is 3310. The van der Waals surface area contributed by atoms with Crippen molar-refractivity contribution in [2.75, 3.05) is 0 Å². The third-order valence-corrected chi connectivity index (χ3v) is 16.0. The molecule has 0 saturated carbocycles. The molecular formula is C51H34N3PS. The lowest BCUT2D eigenvalue weighted by Gasteiger charge is -2.23. The summed E-state index contributed by atoms with van der Waals surface area (Å²) in [6.07, 6.45) is 2.85. The first-order valence-corrected chi connectivity index (χ1v) is 21.8. The summed E-state index contributed by atoms with van der Waals surface area (Å²) in [5.74, 6) is 0. The van der Waals surface area contributed by atoms with Gasteiger partial charge in [-0.1, -0.05) is 176 Å². The molecule has 0 fully saturated rings. The van der Waals surface area contributed by atoms with Crippen molar-refractivity contribution >= 4 is 93.8 Å². The van der Waals surface area contributed by atoms with Crippen LogP contribution >= 0.6 is 6.04 Å². The minimum atomic E-state index is -2.33. The van der Waals surface area contributed by atoms with Crippen molar-refractivity contribution in [2.24, 2.45) is 0 Å². The van der Waals surface area contributed by atoms with Crippen molar-refractivity contribution in [1.82, 2.24) is 14.4 Å². The van der Waals surface area contributed by atoms with E-state index in [1.807, 2.05) is 18.3 Å². The molecule has 11 aromatic rings. The predicted octanol–water partition coefficient (Wildman–Crippen LogP) is 11.5. The zero-order valence-corrected chi connectivity index (χ0v) is 32.1. The fourth-order valence-corrected chi connectivity index (χ4v) is 12.1. The normalized spacial score (nSPS) is 12.1. The molecule has 0 aliphatic rings. The highest BCUT2D eigenvalue weighted by atomic mass is 32.4. The van der Waals surface area contributed by atoms with Crippen LogP contribution in [-0.4, -0.2) is 14.4 Å². The molecule has 264 valence electrons. The van der Waals surface area contributed by atoms with Crippen molar-refractivity contribution in [2.45, 2.75) is 6.42 Å². The average Bonchev–Trinajstić information content (AvgIpc) is 3.65. The Labute approximate surface area is 329 Å². The molecule has 0 radical (unpaired) electrons. The molecule has 0 aliphatic heterocycles. The van der Waals surface area contributed by atoms with Crippen LogP contribution in [0.2, 0.25) is 0 Å². The minimum Gasteiger partial charge on any atom is -0.291 e. The SMILES string of the molecule is S=P(c1ccccc1)(c1ccccc1)c1ccc(-c2ccc3c(ccc4c5ccccc5c5nc6ccc(Cc7ccc8ccccc8c7)cc6n5c34)c2)cn1. The summed E-state index contributed by atoms with van der Waals surface area (Å²) >= 11 is 6.57. The van der Waals surface area contributed by atoms with E-state index in [1.54, 1.807) is 0 Å². The Hall–Kier alpha value is -6.45. The Morgan fingerprint density at radius 2 is 1.12 bits per heavy atom. The highest BCUT2D eigenvalue weighted by Crippen LogP contribution is 2.43. The highest BCUT2D eigenvalue weighted by molar-refractivity contribution is 8.25. The summed E-state index contributed by atoms with van der Waals surface area (Å²) in [6.45, 7) is 0. The van der Waals surface area contributed by atoms with Crippen molar-refractivity contribution in [3.63, 3.8) is 0 Å². The third-order valence-electron chi connectivity index (χ3n) is 11.3. The molecule has 11 rings (SSSR count). The van der Waals surface area contributed by atoms with Crippen molar-refractivity contribution < 1.29 is 0 Å². The minimum absolute atomic E-state index is 0.849. The second-order valence-corrected chi connectivity index (χ2v) is 18.9. The van der Waals surface area contributed by atoms with Crippen LogP contribution in [0.5, 0.6) is 0 Å². The molecule has 0 spiro atoms. The largest absolute Gasteiger partial charge is 0.291 e. The molecule has 3 aromatic heterocycles. The van der Waals surface area contributed by atoms with Crippen LogP contribution in [0.4, 0.5) is 0 Å². The number of pyridine rings is 2. The first kappa shape index (κ1) is 32.9. The van der Waals surface area contributed by atoms with E-state index in [-0.39, 0.29) is 0 Å². The zero-order chi connectivity index (χ0) is 37.2. The lowest BCUT2D eigenvalue weighted by molar-refractivity contribution is 1.20. The van der Waals surface area contributed by atoms with Crippen LogP contribution < -0.4 is 16.0 Å². The van der Waals surface area contributed by atoms with Gasteiger partial charge < -0.3 is 0 Å². The fourth-order valence-electron chi connectivity index (χ4n) is 8.52. The van der Waals surface area contributed by atoms with Crippen molar-refractivity contribution in [3.05, 3.63) is 205 Å². The second-order valence-electron chi connectivity index (χ2n) is 14.6. The van der Waals surface area contributed by atoms with Gasteiger partial charge in [0.2, 0.25) is 0 Å². The van der Waals surface area contributed by atoms with Crippen molar-refractivity contribution in [1.29, 1.82) is 0 Å². The van der Waals surface area contributed by atoms with E-state index >= 15 is 0 Å². The molecule has 0 N–H and O–H groups in total. The summed E-state index contributed by atoms with van der Waals surface area (Å²) in [5.41, 5.74) is 9.97. The highest BCUT2D eigenvalue weighted by Gasteiger charge is 2.26. The van der Waals surface area contributed by atoms with E-state index < -0.39 is 6.04 Å². The standard InChI is InChI=1S/C51H34N3PS/c56-55(41-13-3-1-4-14-41,42-15-5-2-6-16-42)49-28-24-40(33-52-49)38-22-25-43-39(32-38)23-26-45-44-17-9-10-18-46(44)51-53-47-27-20-35(31-48(47)54(51)50(43)45)29-34-19-21-36-11-7-8-12-37(36)30-34/h1-28,30-33H,29H2. The van der Waals surface area contributed by atoms with E-state index in [0.29, 0.717) is 0 Å². The topological polar surface area (TPSA) is 30.2 Å². The molecule has 0 saturated heterocycles. The zero-order valence-electron chi connectivity index (χ0n) is 30.4. The van der Waals surface area contributed by atoms with Crippen molar-refractivity contribution in [3.8, 4) is 11.1 Å². The van der Waals surface area contributed by atoms with Crippen LogP contribution in [0.1, 0.15) is 11.1 Å². The van der Waals surface area contributed by atoms with Crippen LogP contribution in [0.25, 0.3) is 71.0 Å². The Morgan fingerprint density at radius 3 is 1.89 bits per heavy atom. The van der Waals surface area contributed by atoms with Gasteiger partial charge in [0.05, 0.1) is 28.0 Å². The summed E-state index contributed by atoms with van der Waals surface area (Å²) < 4.78 is 2.40. The second kappa shape index (κ2) is 13.1. The fraction of sp³-hybridized carbons (Fsp3) is 0.0196. The molecule has 3 heterocycles. The number of hydrogen-bond acceptors (Lipinski definition) is 3. The molecule has 0 atom stereocenters. The molecular weight excluding hydrogens is 718 g/mol. The van der Waals surface area contributed by atoms with E-state index in [2.05, 4.69) is 180 Å². The summed E-state index contributed by atoms with van der Waals surface area (Å²) in [5, 5.41) is 10.8. The number of hydrogen-bond donors (Lipinski definition) is 0. The van der Waals surface area contributed by atoms with Gasteiger partial charge >= 0.3 is 0 Å². The molecule has 3 nitrogen and oxygen atoms in total. The predicted molar refractivity (Wildman–Crippen MR) is 241 cm³/mol. The molecule has 0 aliphatic carbocycles. The van der Waals surface area contributed by atoms with Gasteiger partial charge in [-0.3, -0.25) is 9.38 Å². The number of benzene rings is 8. The van der Waals surface area contributed by atoms with E-state index in [0.717, 1.165) is 55.7 Å². The van der Waals surface area contributed by atoms with Crippen LogP contribution in [0.15, 0.2) is 194 Å². The molecule has 5 heteroatoms. The van der Waals surface area contributed by atoms with Gasteiger partial charge in [-0.15, -0.1) is 0 Å². The number of imidazole rings is 1. The Kier molecular flexibility index (Phi) is 7.70. The number of rotatable bonds is 6. The average molecular weight is 752 g/mol. The smallest absolute Gasteiger partial charge is 0.146 e. The maximum Gasteiger partial charge on any atom is 0.146 e. The Balaban J connectivity index is 1.05. The number of aromatic nitrogens is 3. The van der Waals surface area contributed by atoms with Crippen LogP contribution in [0, 0.1) is 0 Å². The molecule has 0 amide bonds. The van der Waals surface area contributed by atoms with E-state index in [9.17, 15) is 0 Å². The Morgan fingerprint density at radius 1 is 0.482 bits per heavy atom. The van der Waals surface area contributed by atoms with Gasteiger partial charge in [0.15, 0.2) is 0 Å². The monoisotopic (exact) mass is 751 g/mol. The van der Waals surface area contributed by atoms with E-state index in [1.165, 1.54) is 49.0 Å². The third kappa shape index (κ3) is 5.29. The summed E-state index contributed by atoms with van der Waals surface area (Å²) in [4.78, 5) is 10.4. The maximum absolute atomic E-state index is 6.57. The van der Waals surface area contributed by atoms with Gasteiger partial charge in [0.25, 0.3) is 0 Å². The first-order chi connectivity index (χ1) is 27.6. The molecule has 8 aromatic carbocycles. The first-order valence-electron chi connectivity index (χ1n) is 19.0. The number of fused-ring (bicyclic) bond motifs is 11. The van der Waals surface area contributed by atoms with Gasteiger partial charge in [0, 0.05) is 27.9 Å². The number of nitrogens with zero attached hydrogens (tertiary/aromatic N) is 3. The van der Waals surface area contributed by atoms with Gasteiger partial charge in [-0.2, -0.15) is 0 Å². The molecule has 0 unspecified atom stereocenters. The van der Waals surface area contributed by atoms with Gasteiger partial charge in [-0.05, 0) is 79.5 Å². The van der Waals surface area contributed by atoms with Gasteiger partial charge in [-0.25, -0.2) is 4.98 Å². The van der Waals surface area contributed by atoms with Crippen LogP contribution in [0.3, 0.4) is 0 Å². The molecule has 0 bridgehead atoms. The summed E-state index contributed by atoms with van der Waals surface area (Å²) in [6, 6.07) is 65.1. The molecule has 56 heavy (non-hydrogen) atoms.